The lowest BCUT2D eigenvalue weighted by Gasteiger charge is -2.21. The van der Waals surface area contributed by atoms with E-state index in [4.69, 9.17) is 5.11 Å². The van der Waals surface area contributed by atoms with Crippen molar-refractivity contribution >= 4 is 27.9 Å². The van der Waals surface area contributed by atoms with E-state index >= 15 is 0 Å². The van der Waals surface area contributed by atoms with E-state index in [-0.39, 0.29) is 24.4 Å². The Morgan fingerprint density at radius 1 is 1.36 bits per heavy atom. The number of carboxylic acid groups (broad SMARTS) is 1. The van der Waals surface area contributed by atoms with Crippen molar-refractivity contribution in [3.05, 3.63) is 33.5 Å². The minimum atomic E-state index is -0.860. The first-order chi connectivity index (χ1) is 10.5. The molecule has 1 fully saturated rings. The van der Waals surface area contributed by atoms with Gasteiger partial charge in [-0.05, 0) is 52.4 Å². The number of hydrogen-bond donors (Lipinski definition) is 2. The van der Waals surface area contributed by atoms with E-state index < -0.39 is 11.9 Å². The summed E-state index contributed by atoms with van der Waals surface area (Å²) >= 11 is 3.25. The van der Waals surface area contributed by atoms with E-state index in [0.29, 0.717) is 23.9 Å². The zero-order valence-corrected chi connectivity index (χ0v) is 13.4. The monoisotopic (exact) mass is 370 g/mol. The third-order valence-corrected chi connectivity index (χ3v) is 5.27. The second kappa shape index (κ2) is 5.87. The third kappa shape index (κ3) is 2.69. The lowest BCUT2D eigenvalue weighted by Crippen LogP contribution is -2.40. The molecule has 0 aromatic heterocycles. The van der Waals surface area contributed by atoms with Gasteiger partial charge in [-0.25, -0.2) is 9.18 Å². The van der Waals surface area contributed by atoms with Crippen LogP contribution in [-0.4, -0.2) is 35.1 Å². The number of carboxylic acids is 1. The van der Waals surface area contributed by atoms with E-state index in [1.807, 2.05) is 0 Å². The van der Waals surface area contributed by atoms with Gasteiger partial charge in [0.1, 0.15) is 5.82 Å². The van der Waals surface area contributed by atoms with E-state index in [1.54, 1.807) is 6.07 Å². The summed E-state index contributed by atoms with van der Waals surface area (Å²) in [7, 11) is 0. The van der Waals surface area contributed by atoms with Crippen LogP contribution in [0.1, 0.15) is 30.0 Å². The van der Waals surface area contributed by atoms with Crippen molar-refractivity contribution in [3.8, 4) is 0 Å². The number of nitrogens with zero attached hydrogens (tertiary/aromatic N) is 1. The fraction of sp³-hybridized carbons (Fsp3) is 0.467. The van der Waals surface area contributed by atoms with Gasteiger partial charge in [0.05, 0.1) is 16.4 Å². The SMILES string of the molecule is O=C(O)C1CCN(C(=O)NC2CCc3c2ccc(F)c3Br)C1. The van der Waals surface area contributed by atoms with Crippen LogP contribution in [0.2, 0.25) is 0 Å². The highest BCUT2D eigenvalue weighted by Gasteiger charge is 2.33. The molecule has 1 aromatic rings. The standard InChI is InChI=1S/C15H16BrFN2O3/c16-13-10-2-4-12(9(10)1-3-11(13)17)18-15(22)19-6-5-8(7-19)14(20)21/h1,3,8,12H,2,4-7H2,(H,18,22)(H,20,21). The highest BCUT2D eigenvalue weighted by Crippen LogP contribution is 2.37. The lowest BCUT2D eigenvalue weighted by molar-refractivity contribution is -0.141. The zero-order chi connectivity index (χ0) is 15.9. The molecule has 1 aliphatic carbocycles. The van der Waals surface area contributed by atoms with Crippen LogP contribution in [0.4, 0.5) is 9.18 Å². The first kappa shape index (κ1) is 15.3. The number of benzene rings is 1. The molecule has 118 valence electrons. The van der Waals surface area contributed by atoms with Gasteiger partial charge in [-0.1, -0.05) is 6.07 Å². The van der Waals surface area contributed by atoms with Gasteiger partial charge < -0.3 is 15.3 Å². The third-order valence-electron chi connectivity index (χ3n) is 4.41. The van der Waals surface area contributed by atoms with Crippen molar-refractivity contribution in [3.63, 3.8) is 0 Å². The molecule has 22 heavy (non-hydrogen) atoms. The first-order valence-corrected chi connectivity index (χ1v) is 8.01. The molecule has 2 unspecified atom stereocenters. The molecule has 3 rings (SSSR count). The van der Waals surface area contributed by atoms with Crippen LogP contribution < -0.4 is 5.32 Å². The molecular weight excluding hydrogens is 355 g/mol. The van der Waals surface area contributed by atoms with Crippen LogP contribution >= 0.6 is 15.9 Å². The number of amides is 2. The van der Waals surface area contributed by atoms with Crippen LogP contribution in [0.15, 0.2) is 16.6 Å². The number of rotatable bonds is 2. The molecule has 0 radical (unpaired) electrons. The molecule has 2 atom stereocenters. The van der Waals surface area contributed by atoms with Crippen molar-refractivity contribution < 1.29 is 19.1 Å². The number of fused-ring (bicyclic) bond motifs is 1. The van der Waals surface area contributed by atoms with Gasteiger partial charge in [0, 0.05) is 13.1 Å². The maximum absolute atomic E-state index is 13.5. The molecular formula is C15H16BrFN2O3. The molecule has 2 amide bonds. The van der Waals surface area contributed by atoms with E-state index in [2.05, 4.69) is 21.2 Å². The summed E-state index contributed by atoms with van der Waals surface area (Å²) in [6.07, 6.45) is 1.91. The van der Waals surface area contributed by atoms with Crippen LogP contribution in [0.25, 0.3) is 0 Å². The van der Waals surface area contributed by atoms with Crippen molar-refractivity contribution in [2.75, 3.05) is 13.1 Å². The van der Waals surface area contributed by atoms with E-state index in [0.717, 1.165) is 17.5 Å². The Morgan fingerprint density at radius 2 is 2.14 bits per heavy atom. The highest BCUT2D eigenvalue weighted by atomic mass is 79.9. The van der Waals surface area contributed by atoms with Crippen molar-refractivity contribution in [2.45, 2.75) is 25.3 Å². The quantitative estimate of drug-likeness (QED) is 0.840. The molecule has 1 saturated heterocycles. The highest BCUT2D eigenvalue weighted by molar-refractivity contribution is 9.10. The Balaban J connectivity index is 1.68. The Labute approximate surface area is 135 Å². The number of likely N-dealkylation sites (tertiary alicyclic amines) is 1. The minimum absolute atomic E-state index is 0.150. The van der Waals surface area contributed by atoms with Crippen molar-refractivity contribution in [1.29, 1.82) is 0 Å². The molecule has 0 bridgehead atoms. The lowest BCUT2D eigenvalue weighted by atomic mass is 10.1. The number of urea groups is 1. The molecule has 2 aliphatic rings. The van der Waals surface area contributed by atoms with Crippen LogP contribution in [0.5, 0.6) is 0 Å². The summed E-state index contributed by atoms with van der Waals surface area (Å²) in [6.45, 7) is 0.698. The molecule has 1 aliphatic heterocycles. The second-order valence-electron chi connectivity index (χ2n) is 5.74. The van der Waals surface area contributed by atoms with Gasteiger partial charge in [0.2, 0.25) is 0 Å². The molecule has 5 nitrogen and oxygen atoms in total. The summed E-state index contributed by atoms with van der Waals surface area (Å²) in [6, 6.07) is 2.70. The fourth-order valence-electron chi connectivity index (χ4n) is 3.17. The molecule has 7 heteroatoms. The minimum Gasteiger partial charge on any atom is -0.481 e. The molecule has 0 saturated carbocycles. The molecule has 2 N–H and O–H groups in total. The average Bonchev–Trinajstić information content (AvgIpc) is 3.10. The van der Waals surface area contributed by atoms with E-state index in [1.165, 1.54) is 11.0 Å². The van der Waals surface area contributed by atoms with Crippen molar-refractivity contribution in [2.24, 2.45) is 5.92 Å². The topological polar surface area (TPSA) is 69.6 Å². The van der Waals surface area contributed by atoms with Gasteiger partial charge in [-0.3, -0.25) is 4.79 Å². The summed E-state index contributed by atoms with van der Waals surface area (Å²) in [5, 5.41) is 11.9. The summed E-state index contributed by atoms with van der Waals surface area (Å²) < 4.78 is 14.0. The second-order valence-corrected chi connectivity index (χ2v) is 6.53. The summed E-state index contributed by atoms with van der Waals surface area (Å²) in [5.74, 6) is -1.64. The van der Waals surface area contributed by atoms with Crippen molar-refractivity contribution in [1.82, 2.24) is 10.2 Å². The number of hydrogen-bond acceptors (Lipinski definition) is 2. The summed E-state index contributed by atoms with van der Waals surface area (Å²) in [5.41, 5.74) is 1.82. The van der Waals surface area contributed by atoms with Crippen LogP contribution in [0.3, 0.4) is 0 Å². The van der Waals surface area contributed by atoms with Gasteiger partial charge >= 0.3 is 12.0 Å². The first-order valence-electron chi connectivity index (χ1n) is 7.22. The zero-order valence-electron chi connectivity index (χ0n) is 11.8. The average molecular weight is 371 g/mol. The largest absolute Gasteiger partial charge is 0.481 e. The van der Waals surface area contributed by atoms with Gasteiger partial charge in [0.25, 0.3) is 0 Å². The number of carbonyl (C=O) groups is 2. The molecule has 1 aromatic carbocycles. The number of carbonyl (C=O) groups excluding carboxylic acids is 1. The van der Waals surface area contributed by atoms with Gasteiger partial charge in [-0.2, -0.15) is 0 Å². The van der Waals surface area contributed by atoms with E-state index in [9.17, 15) is 14.0 Å². The molecule has 0 spiro atoms. The summed E-state index contributed by atoms with van der Waals surface area (Å²) in [4.78, 5) is 24.8. The Bertz CT molecular complexity index is 637. The predicted molar refractivity (Wildman–Crippen MR) is 81.0 cm³/mol. The van der Waals surface area contributed by atoms with Gasteiger partial charge in [-0.15, -0.1) is 0 Å². The Kier molecular flexibility index (Phi) is 4.08. The normalized spacial score (nSPS) is 23.5. The number of halogens is 2. The smallest absolute Gasteiger partial charge is 0.317 e. The number of nitrogens with one attached hydrogen (secondary N) is 1. The number of aliphatic carboxylic acids is 1. The van der Waals surface area contributed by atoms with Crippen LogP contribution in [0, 0.1) is 11.7 Å². The Morgan fingerprint density at radius 3 is 2.82 bits per heavy atom. The van der Waals surface area contributed by atoms with Gasteiger partial charge in [0.15, 0.2) is 0 Å². The predicted octanol–water partition coefficient (Wildman–Crippen LogP) is 2.69. The fourth-order valence-corrected chi connectivity index (χ4v) is 3.73. The van der Waals surface area contributed by atoms with Crippen LogP contribution in [-0.2, 0) is 11.2 Å². The Hall–Kier alpha value is -1.63. The molecule has 1 heterocycles. The maximum atomic E-state index is 13.5. The maximum Gasteiger partial charge on any atom is 0.317 e.